The van der Waals surface area contributed by atoms with Gasteiger partial charge in [0.1, 0.15) is 0 Å². The Morgan fingerprint density at radius 2 is 2.50 bits per heavy atom. The van der Waals surface area contributed by atoms with Crippen LogP contribution in [0.4, 0.5) is 0 Å². The number of carbonyl (C=O) groups excluding carboxylic acids is 2. The van der Waals surface area contributed by atoms with Crippen molar-refractivity contribution in [3.05, 3.63) is 24.0 Å². The van der Waals surface area contributed by atoms with Crippen molar-refractivity contribution in [3.63, 3.8) is 0 Å². The van der Waals surface area contributed by atoms with Gasteiger partial charge in [0.05, 0.1) is 19.6 Å². The lowest BCUT2D eigenvalue weighted by atomic mass is 10.1. The predicted octanol–water partition coefficient (Wildman–Crippen LogP) is 0.536. The van der Waals surface area contributed by atoms with Gasteiger partial charge in [0.15, 0.2) is 0 Å². The van der Waals surface area contributed by atoms with Crippen molar-refractivity contribution < 1.29 is 14.3 Å². The van der Waals surface area contributed by atoms with Gasteiger partial charge in [-0.25, -0.2) is 0 Å². The molecule has 86 valence electrons. The Bertz CT molecular complexity index is 386. The minimum Gasteiger partial charge on any atom is -0.469 e. The molecule has 0 saturated carbocycles. The lowest BCUT2D eigenvalue weighted by molar-refractivity contribution is -0.145. The van der Waals surface area contributed by atoms with E-state index in [0.717, 1.165) is 5.69 Å². The van der Waals surface area contributed by atoms with Gasteiger partial charge in [-0.1, -0.05) is 0 Å². The van der Waals surface area contributed by atoms with E-state index in [-0.39, 0.29) is 24.2 Å². The number of amides is 1. The van der Waals surface area contributed by atoms with E-state index in [1.807, 2.05) is 18.3 Å². The molecule has 0 aliphatic carbocycles. The molecule has 1 aromatic heterocycles. The fourth-order valence-corrected chi connectivity index (χ4v) is 1.92. The lowest BCUT2D eigenvalue weighted by Gasteiger charge is -2.14. The van der Waals surface area contributed by atoms with Crippen LogP contribution in [0, 0.1) is 5.92 Å². The molecule has 1 aromatic rings. The topological polar surface area (TPSA) is 62.4 Å². The van der Waals surface area contributed by atoms with E-state index < -0.39 is 0 Å². The van der Waals surface area contributed by atoms with Crippen molar-refractivity contribution in [2.24, 2.45) is 5.92 Å². The van der Waals surface area contributed by atoms with Gasteiger partial charge < -0.3 is 14.6 Å². The summed E-state index contributed by atoms with van der Waals surface area (Å²) >= 11 is 0. The zero-order chi connectivity index (χ0) is 11.5. The number of ether oxygens (including phenoxy) is 1. The van der Waals surface area contributed by atoms with Gasteiger partial charge in [0, 0.05) is 24.9 Å². The molecular formula is C11H14N2O3. The summed E-state index contributed by atoms with van der Waals surface area (Å²) in [6.07, 6.45) is 2.07. The van der Waals surface area contributed by atoms with Gasteiger partial charge in [-0.15, -0.1) is 0 Å². The zero-order valence-electron chi connectivity index (χ0n) is 9.10. The molecule has 0 spiro atoms. The molecule has 1 saturated heterocycles. The third-order valence-corrected chi connectivity index (χ3v) is 2.77. The monoisotopic (exact) mass is 222 g/mol. The number of hydrogen-bond donors (Lipinski definition) is 1. The van der Waals surface area contributed by atoms with Gasteiger partial charge in [-0.3, -0.25) is 9.59 Å². The average Bonchev–Trinajstić information content (AvgIpc) is 2.89. The Morgan fingerprint density at radius 1 is 1.69 bits per heavy atom. The standard InChI is InChI=1S/C11H14N2O3/c1-16-11(15)8-5-10(14)13(6-8)7-9-3-2-4-12-9/h2-4,8,12H,5-7H2,1H3. The molecule has 1 fully saturated rings. The normalized spacial score (nSPS) is 20.2. The molecule has 1 atom stereocenters. The third kappa shape index (κ3) is 2.08. The third-order valence-electron chi connectivity index (χ3n) is 2.77. The number of nitrogens with one attached hydrogen (secondary N) is 1. The summed E-state index contributed by atoms with van der Waals surface area (Å²) in [6.45, 7) is 0.976. The van der Waals surface area contributed by atoms with E-state index in [1.165, 1.54) is 7.11 Å². The van der Waals surface area contributed by atoms with Crippen LogP contribution in [0.3, 0.4) is 0 Å². The summed E-state index contributed by atoms with van der Waals surface area (Å²) in [5, 5.41) is 0. The summed E-state index contributed by atoms with van der Waals surface area (Å²) in [6, 6.07) is 3.80. The van der Waals surface area contributed by atoms with Gasteiger partial charge in [0.2, 0.25) is 5.91 Å². The number of aromatic nitrogens is 1. The number of nitrogens with zero attached hydrogens (tertiary/aromatic N) is 1. The first-order chi connectivity index (χ1) is 7.70. The number of hydrogen-bond acceptors (Lipinski definition) is 3. The van der Waals surface area contributed by atoms with Crippen LogP contribution in [0.2, 0.25) is 0 Å². The van der Waals surface area contributed by atoms with Crippen LogP contribution in [0.1, 0.15) is 12.1 Å². The Morgan fingerprint density at radius 3 is 3.12 bits per heavy atom. The van der Waals surface area contributed by atoms with Gasteiger partial charge in [-0.05, 0) is 12.1 Å². The quantitative estimate of drug-likeness (QED) is 0.759. The Kier molecular flexibility index (Phi) is 2.94. The maximum atomic E-state index is 11.6. The summed E-state index contributed by atoms with van der Waals surface area (Å²) in [5.41, 5.74) is 0.971. The Hall–Kier alpha value is -1.78. The van der Waals surface area contributed by atoms with Gasteiger partial charge in [-0.2, -0.15) is 0 Å². The predicted molar refractivity (Wildman–Crippen MR) is 56.3 cm³/mol. The molecule has 1 aliphatic heterocycles. The molecule has 2 rings (SSSR count). The second kappa shape index (κ2) is 4.38. The van der Waals surface area contributed by atoms with E-state index in [4.69, 9.17) is 0 Å². The van der Waals surface area contributed by atoms with Crippen LogP contribution in [0.5, 0.6) is 0 Å². The van der Waals surface area contributed by atoms with Crippen LogP contribution in [0.25, 0.3) is 0 Å². The minimum atomic E-state index is -0.313. The van der Waals surface area contributed by atoms with Crippen molar-refractivity contribution in [1.82, 2.24) is 9.88 Å². The highest BCUT2D eigenvalue weighted by Crippen LogP contribution is 2.20. The van der Waals surface area contributed by atoms with Crippen molar-refractivity contribution in [2.75, 3.05) is 13.7 Å². The molecule has 0 bridgehead atoms. The van der Waals surface area contributed by atoms with Crippen molar-refractivity contribution in [2.45, 2.75) is 13.0 Å². The molecule has 1 unspecified atom stereocenters. The highest BCUT2D eigenvalue weighted by atomic mass is 16.5. The van der Waals surface area contributed by atoms with Crippen LogP contribution >= 0.6 is 0 Å². The van der Waals surface area contributed by atoms with Crippen LogP contribution < -0.4 is 0 Å². The van der Waals surface area contributed by atoms with E-state index in [0.29, 0.717) is 13.1 Å². The Labute approximate surface area is 93.4 Å². The molecule has 1 amide bonds. The molecule has 1 aliphatic rings. The summed E-state index contributed by atoms with van der Waals surface area (Å²) in [7, 11) is 1.35. The first kappa shape index (κ1) is 10.7. The average molecular weight is 222 g/mol. The maximum absolute atomic E-state index is 11.6. The second-order valence-electron chi connectivity index (χ2n) is 3.89. The number of H-pyrrole nitrogens is 1. The highest BCUT2D eigenvalue weighted by Gasteiger charge is 2.34. The number of aromatic amines is 1. The van der Waals surface area contributed by atoms with Crippen LogP contribution in [-0.4, -0.2) is 35.4 Å². The molecule has 0 aromatic carbocycles. The van der Waals surface area contributed by atoms with Crippen LogP contribution in [-0.2, 0) is 20.9 Å². The zero-order valence-corrected chi connectivity index (χ0v) is 9.10. The summed E-state index contributed by atoms with van der Waals surface area (Å²) in [5.74, 6) is -0.611. The molecular weight excluding hydrogens is 208 g/mol. The SMILES string of the molecule is COC(=O)C1CC(=O)N(Cc2ccc[nH]2)C1. The number of esters is 1. The molecule has 16 heavy (non-hydrogen) atoms. The molecule has 5 nitrogen and oxygen atoms in total. The first-order valence-corrected chi connectivity index (χ1v) is 5.18. The number of likely N-dealkylation sites (tertiary alicyclic amines) is 1. The van der Waals surface area contributed by atoms with E-state index in [1.54, 1.807) is 4.90 Å². The fraction of sp³-hybridized carbons (Fsp3) is 0.455. The fourth-order valence-electron chi connectivity index (χ4n) is 1.92. The van der Waals surface area contributed by atoms with Crippen molar-refractivity contribution in [3.8, 4) is 0 Å². The highest BCUT2D eigenvalue weighted by molar-refractivity contribution is 5.86. The lowest BCUT2D eigenvalue weighted by Crippen LogP contribution is -2.26. The number of rotatable bonds is 3. The van der Waals surface area contributed by atoms with Crippen LogP contribution in [0.15, 0.2) is 18.3 Å². The molecule has 1 N–H and O–H groups in total. The first-order valence-electron chi connectivity index (χ1n) is 5.18. The maximum Gasteiger partial charge on any atom is 0.310 e. The van der Waals surface area contributed by atoms with E-state index in [9.17, 15) is 9.59 Å². The second-order valence-corrected chi connectivity index (χ2v) is 3.89. The number of carbonyl (C=O) groups is 2. The number of methoxy groups -OCH3 is 1. The summed E-state index contributed by atoms with van der Waals surface area (Å²) in [4.78, 5) is 27.6. The van der Waals surface area contributed by atoms with Gasteiger partial charge in [0.25, 0.3) is 0 Å². The smallest absolute Gasteiger partial charge is 0.310 e. The minimum absolute atomic E-state index is 0.00463. The largest absolute Gasteiger partial charge is 0.469 e. The summed E-state index contributed by atoms with van der Waals surface area (Å²) < 4.78 is 4.64. The molecule has 2 heterocycles. The van der Waals surface area contributed by atoms with Crippen molar-refractivity contribution >= 4 is 11.9 Å². The van der Waals surface area contributed by atoms with E-state index in [2.05, 4.69) is 9.72 Å². The van der Waals surface area contributed by atoms with Crippen molar-refractivity contribution in [1.29, 1.82) is 0 Å². The molecule has 0 radical (unpaired) electrons. The van der Waals surface area contributed by atoms with E-state index >= 15 is 0 Å². The Balaban J connectivity index is 1.97. The molecule has 5 heteroatoms. The van der Waals surface area contributed by atoms with Gasteiger partial charge >= 0.3 is 5.97 Å².